The first-order valence-electron chi connectivity index (χ1n) is 7.34. The molecule has 1 heterocycles. The van der Waals surface area contributed by atoms with Gasteiger partial charge in [-0.25, -0.2) is 0 Å². The third kappa shape index (κ3) is 1.29. The van der Waals surface area contributed by atoms with Crippen LogP contribution in [0.2, 0.25) is 0 Å². The molecule has 0 aromatic carbocycles. The van der Waals surface area contributed by atoms with E-state index in [9.17, 15) is 5.26 Å². The minimum atomic E-state index is 0.399. The van der Waals surface area contributed by atoms with Gasteiger partial charge in [-0.15, -0.1) is 0 Å². The molecule has 0 saturated heterocycles. The van der Waals surface area contributed by atoms with E-state index in [-0.39, 0.29) is 0 Å². The number of hydrogen-bond donors (Lipinski definition) is 2. The summed E-state index contributed by atoms with van der Waals surface area (Å²) >= 11 is 0. The van der Waals surface area contributed by atoms with Gasteiger partial charge >= 0.3 is 0 Å². The second kappa shape index (κ2) is 3.44. The zero-order chi connectivity index (χ0) is 12.3. The van der Waals surface area contributed by atoms with E-state index in [0.29, 0.717) is 17.2 Å². The zero-order valence-electron chi connectivity index (χ0n) is 10.8. The molecule has 1 atom stereocenters. The van der Waals surface area contributed by atoms with Crippen LogP contribution in [0.15, 0.2) is 11.4 Å². The summed E-state index contributed by atoms with van der Waals surface area (Å²) in [6.07, 6.45) is 8.43. The lowest BCUT2D eigenvalue weighted by molar-refractivity contribution is -0.0752. The van der Waals surface area contributed by atoms with E-state index in [1.54, 1.807) is 0 Å². The van der Waals surface area contributed by atoms with Gasteiger partial charge in [-0.2, -0.15) is 5.26 Å². The van der Waals surface area contributed by atoms with Crippen molar-refractivity contribution in [1.82, 2.24) is 5.32 Å². The molecule has 3 heteroatoms. The number of nitrogens with one attached hydrogen (secondary N) is 1. The van der Waals surface area contributed by atoms with E-state index in [0.717, 1.165) is 29.9 Å². The monoisotopic (exact) mass is 243 g/mol. The first-order chi connectivity index (χ1) is 8.70. The van der Waals surface area contributed by atoms with E-state index in [2.05, 4.69) is 11.4 Å². The van der Waals surface area contributed by atoms with Crippen LogP contribution < -0.4 is 11.1 Å². The molecule has 0 amide bonds. The molecule has 0 aromatic heterocycles. The average Bonchev–Trinajstić information content (AvgIpc) is 2.69. The van der Waals surface area contributed by atoms with E-state index >= 15 is 0 Å². The number of hydrogen-bond acceptors (Lipinski definition) is 3. The van der Waals surface area contributed by atoms with Crippen molar-refractivity contribution in [2.45, 2.75) is 38.5 Å². The maximum atomic E-state index is 9.38. The first kappa shape index (κ1) is 10.7. The Morgan fingerprint density at radius 3 is 2.17 bits per heavy atom. The standard InChI is InChI=1S/C15H21N3/c16-7-12-13(8-18-14(12)17)15-4-9-1-10(5-15)3-11(2-9)6-15/h9-11,13,18H,1-6,8,17H2. The lowest BCUT2D eigenvalue weighted by atomic mass is 9.46. The van der Waals surface area contributed by atoms with Crippen LogP contribution in [0.4, 0.5) is 0 Å². The molecule has 18 heavy (non-hydrogen) atoms. The van der Waals surface area contributed by atoms with Gasteiger partial charge in [0.05, 0.1) is 11.6 Å². The van der Waals surface area contributed by atoms with Gasteiger partial charge in [0.15, 0.2) is 0 Å². The van der Waals surface area contributed by atoms with Crippen molar-refractivity contribution in [3.05, 3.63) is 11.4 Å². The minimum absolute atomic E-state index is 0.399. The molecule has 4 bridgehead atoms. The second-order valence-electron chi connectivity index (χ2n) is 7.15. The Morgan fingerprint density at radius 2 is 1.67 bits per heavy atom. The Hall–Kier alpha value is -1.17. The van der Waals surface area contributed by atoms with Crippen LogP contribution >= 0.6 is 0 Å². The number of nitrogens with two attached hydrogens (primary N) is 1. The predicted molar refractivity (Wildman–Crippen MR) is 68.9 cm³/mol. The van der Waals surface area contributed by atoms with Crippen molar-refractivity contribution >= 4 is 0 Å². The highest BCUT2D eigenvalue weighted by Gasteiger charge is 2.55. The van der Waals surface area contributed by atoms with Gasteiger partial charge in [0.1, 0.15) is 5.82 Å². The number of rotatable bonds is 1. The smallest absolute Gasteiger partial charge is 0.110 e. The Kier molecular flexibility index (Phi) is 2.05. The normalized spacial score (nSPS) is 49.3. The molecule has 96 valence electrons. The number of nitrogens with zero attached hydrogens (tertiary/aromatic N) is 1. The maximum Gasteiger partial charge on any atom is 0.110 e. The molecule has 5 aliphatic rings. The van der Waals surface area contributed by atoms with Crippen LogP contribution in [0.5, 0.6) is 0 Å². The van der Waals surface area contributed by atoms with Gasteiger partial charge in [-0.05, 0) is 61.7 Å². The third-order valence-electron chi connectivity index (χ3n) is 6.08. The van der Waals surface area contributed by atoms with Gasteiger partial charge < -0.3 is 11.1 Å². The Bertz CT molecular complexity index is 422. The maximum absolute atomic E-state index is 9.38. The molecule has 0 radical (unpaired) electrons. The zero-order valence-corrected chi connectivity index (χ0v) is 10.8. The molecule has 1 aliphatic heterocycles. The van der Waals surface area contributed by atoms with Gasteiger partial charge in [0.2, 0.25) is 0 Å². The molecule has 0 spiro atoms. The highest BCUT2D eigenvalue weighted by Crippen LogP contribution is 2.64. The van der Waals surface area contributed by atoms with Crippen LogP contribution in [-0.2, 0) is 0 Å². The summed E-state index contributed by atoms with van der Waals surface area (Å²) in [4.78, 5) is 0. The van der Waals surface area contributed by atoms with Gasteiger partial charge in [0, 0.05) is 12.5 Å². The summed E-state index contributed by atoms with van der Waals surface area (Å²) in [5.41, 5.74) is 7.21. The fourth-order valence-corrected chi connectivity index (χ4v) is 5.86. The van der Waals surface area contributed by atoms with Crippen LogP contribution in [0, 0.1) is 40.4 Å². The van der Waals surface area contributed by atoms with Crippen LogP contribution in [-0.4, -0.2) is 6.54 Å². The largest absolute Gasteiger partial charge is 0.385 e. The summed E-state index contributed by atoms with van der Waals surface area (Å²) in [6.45, 7) is 0.904. The third-order valence-corrected chi connectivity index (χ3v) is 6.08. The highest BCUT2D eigenvalue weighted by molar-refractivity contribution is 5.35. The van der Waals surface area contributed by atoms with Crippen molar-refractivity contribution in [3.63, 3.8) is 0 Å². The first-order valence-corrected chi connectivity index (χ1v) is 7.34. The molecule has 3 N–H and O–H groups in total. The van der Waals surface area contributed by atoms with Crippen molar-refractivity contribution in [2.24, 2.45) is 34.8 Å². The lowest BCUT2D eigenvalue weighted by Gasteiger charge is -2.59. The SMILES string of the molecule is N#CC1=C(N)NCC1C12CC3CC(CC(C3)C1)C2. The summed E-state index contributed by atoms with van der Waals surface area (Å²) in [7, 11) is 0. The second-order valence-corrected chi connectivity index (χ2v) is 7.15. The van der Waals surface area contributed by atoms with Crippen molar-refractivity contribution in [3.8, 4) is 6.07 Å². The topological polar surface area (TPSA) is 61.8 Å². The van der Waals surface area contributed by atoms with Crippen molar-refractivity contribution < 1.29 is 0 Å². The quantitative estimate of drug-likeness (QED) is 0.741. The van der Waals surface area contributed by atoms with E-state index < -0.39 is 0 Å². The summed E-state index contributed by atoms with van der Waals surface area (Å²) in [6, 6.07) is 2.38. The fourth-order valence-electron chi connectivity index (χ4n) is 5.86. The van der Waals surface area contributed by atoms with E-state index in [1.807, 2.05) is 0 Å². The van der Waals surface area contributed by atoms with Gasteiger partial charge in [0.25, 0.3) is 0 Å². The number of nitriles is 1. The summed E-state index contributed by atoms with van der Waals surface area (Å²) in [5.74, 6) is 3.88. The Labute approximate surface area is 108 Å². The molecule has 1 unspecified atom stereocenters. The van der Waals surface area contributed by atoms with Gasteiger partial charge in [-0.1, -0.05) is 0 Å². The molecule has 0 aromatic rings. The highest BCUT2D eigenvalue weighted by atomic mass is 15.0. The van der Waals surface area contributed by atoms with Crippen LogP contribution in [0.25, 0.3) is 0 Å². The molecule has 4 aliphatic carbocycles. The van der Waals surface area contributed by atoms with Crippen molar-refractivity contribution in [1.29, 1.82) is 5.26 Å². The molecule has 5 rings (SSSR count). The van der Waals surface area contributed by atoms with E-state index in [4.69, 9.17) is 5.73 Å². The summed E-state index contributed by atoms with van der Waals surface area (Å²) in [5, 5.41) is 12.6. The van der Waals surface area contributed by atoms with Crippen molar-refractivity contribution in [2.75, 3.05) is 6.54 Å². The molecule has 3 nitrogen and oxygen atoms in total. The Balaban J connectivity index is 1.71. The fraction of sp³-hybridized carbons (Fsp3) is 0.800. The van der Waals surface area contributed by atoms with Crippen LogP contribution in [0.3, 0.4) is 0 Å². The molecule has 4 saturated carbocycles. The average molecular weight is 243 g/mol. The minimum Gasteiger partial charge on any atom is -0.385 e. The molecule has 4 fully saturated rings. The molecular weight excluding hydrogens is 222 g/mol. The predicted octanol–water partition coefficient (Wildman–Crippen LogP) is 2.12. The van der Waals surface area contributed by atoms with Gasteiger partial charge in [-0.3, -0.25) is 0 Å². The molecular formula is C15H21N3. The summed E-state index contributed by atoms with van der Waals surface area (Å²) < 4.78 is 0. The van der Waals surface area contributed by atoms with Crippen LogP contribution in [0.1, 0.15) is 38.5 Å². The lowest BCUT2D eigenvalue weighted by Crippen LogP contribution is -2.50. The Morgan fingerprint density at radius 1 is 1.11 bits per heavy atom. The van der Waals surface area contributed by atoms with E-state index in [1.165, 1.54) is 38.5 Å².